The Bertz CT molecular complexity index is 1180. The molecule has 3 aromatic rings. The summed E-state index contributed by atoms with van der Waals surface area (Å²) in [4.78, 5) is 25.2. The van der Waals surface area contributed by atoms with E-state index in [1.165, 1.54) is 22.4 Å². The van der Waals surface area contributed by atoms with E-state index in [4.69, 9.17) is 23.2 Å². The molecular weight excluding hydrogens is 433 g/mol. The van der Waals surface area contributed by atoms with Crippen LogP contribution in [0.15, 0.2) is 70.7 Å². The van der Waals surface area contributed by atoms with E-state index in [2.05, 4.69) is 43.4 Å². The number of hydrogen-bond donors (Lipinski definition) is 1. The quantitative estimate of drug-likeness (QED) is 0.420. The molecule has 0 aliphatic heterocycles. The molecule has 1 heterocycles. The van der Waals surface area contributed by atoms with Crippen LogP contribution in [0.3, 0.4) is 0 Å². The van der Waals surface area contributed by atoms with Crippen molar-refractivity contribution in [2.24, 2.45) is 5.10 Å². The van der Waals surface area contributed by atoms with Crippen LogP contribution in [0, 0.1) is 0 Å². The SMILES string of the molecule is CC(C)(C)c1ccc(Cn2cccc(C(=O)N/N=C\c3ccc(Cl)cc3Cl)c2=O)cc1. The highest BCUT2D eigenvalue weighted by Crippen LogP contribution is 2.22. The highest BCUT2D eigenvalue weighted by molar-refractivity contribution is 6.36. The molecule has 5 nitrogen and oxygen atoms in total. The molecule has 0 atom stereocenters. The first-order valence-corrected chi connectivity index (χ1v) is 10.5. The van der Waals surface area contributed by atoms with E-state index in [1.54, 1.807) is 30.5 Å². The van der Waals surface area contributed by atoms with Crippen LogP contribution < -0.4 is 11.0 Å². The second kappa shape index (κ2) is 9.50. The van der Waals surface area contributed by atoms with Crippen LogP contribution in [0.2, 0.25) is 10.0 Å². The Morgan fingerprint density at radius 3 is 2.45 bits per heavy atom. The molecule has 0 aliphatic rings. The first kappa shape index (κ1) is 22.8. The summed E-state index contributed by atoms with van der Waals surface area (Å²) in [5.41, 5.74) is 4.83. The van der Waals surface area contributed by atoms with Gasteiger partial charge in [0.1, 0.15) is 5.56 Å². The number of nitrogens with one attached hydrogen (secondary N) is 1. The molecule has 0 bridgehead atoms. The highest BCUT2D eigenvalue weighted by atomic mass is 35.5. The Balaban J connectivity index is 1.73. The molecule has 0 unspecified atom stereocenters. The third-order valence-electron chi connectivity index (χ3n) is 4.77. The highest BCUT2D eigenvalue weighted by Gasteiger charge is 2.14. The Morgan fingerprint density at radius 1 is 1.10 bits per heavy atom. The molecule has 0 radical (unpaired) electrons. The fraction of sp³-hybridized carbons (Fsp3) is 0.208. The number of benzene rings is 2. The van der Waals surface area contributed by atoms with Crippen LogP contribution in [-0.2, 0) is 12.0 Å². The summed E-state index contributed by atoms with van der Waals surface area (Å²) in [6.07, 6.45) is 3.06. The first-order chi connectivity index (χ1) is 14.6. The maximum Gasteiger partial charge on any atom is 0.276 e. The van der Waals surface area contributed by atoms with Crippen molar-refractivity contribution in [3.05, 3.63) is 103 Å². The number of pyridine rings is 1. The zero-order valence-corrected chi connectivity index (χ0v) is 19.0. The lowest BCUT2D eigenvalue weighted by Gasteiger charge is -2.19. The lowest BCUT2D eigenvalue weighted by molar-refractivity contribution is 0.0953. The zero-order valence-electron chi connectivity index (χ0n) is 17.5. The molecule has 0 saturated heterocycles. The maximum absolute atomic E-state index is 12.8. The van der Waals surface area contributed by atoms with Gasteiger partial charge in [0, 0.05) is 16.8 Å². The van der Waals surface area contributed by atoms with Crippen molar-refractivity contribution in [2.45, 2.75) is 32.7 Å². The number of carbonyl (C=O) groups excluding carboxylic acids is 1. The molecule has 0 spiro atoms. The smallest absolute Gasteiger partial charge is 0.276 e. The summed E-state index contributed by atoms with van der Waals surface area (Å²) < 4.78 is 1.50. The third-order valence-corrected chi connectivity index (χ3v) is 5.33. The van der Waals surface area contributed by atoms with Gasteiger partial charge >= 0.3 is 0 Å². The lowest BCUT2D eigenvalue weighted by atomic mass is 9.87. The normalized spacial score (nSPS) is 11.6. The largest absolute Gasteiger partial charge is 0.310 e. The van der Waals surface area contributed by atoms with E-state index in [9.17, 15) is 9.59 Å². The van der Waals surface area contributed by atoms with Crippen LogP contribution in [0.1, 0.15) is 47.8 Å². The molecule has 160 valence electrons. The van der Waals surface area contributed by atoms with Crippen molar-refractivity contribution in [1.29, 1.82) is 0 Å². The van der Waals surface area contributed by atoms with Crippen LogP contribution in [0.5, 0.6) is 0 Å². The van der Waals surface area contributed by atoms with Gasteiger partial charge in [-0.05, 0) is 40.8 Å². The molecule has 1 amide bonds. The van der Waals surface area contributed by atoms with Gasteiger partial charge in [0.2, 0.25) is 0 Å². The summed E-state index contributed by atoms with van der Waals surface area (Å²) in [6, 6.07) is 16.2. The van der Waals surface area contributed by atoms with Crippen molar-refractivity contribution >= 4 is 35.3 Å². The van der Waals surface area contributed by atoms with E-state index in [0.717, 1.165) is 5.56 Å². The molecule has 1 N–H and O–H groups in total. The average molecular weight is 456 g/mol. The van der Waals surface area contributed by atoms with Crippen molar-refractivity contribution in [1.82, 2.24) is 9.99 Å². The van der Waals surface area contributed by atoms with Gasteiger partial charge < -0.3 is 4.57 Å². The molecule has 7 heteroatoms. The number of rotatable bonds is 5. The standard InChI is InChI=1S/C24H23Cl2N3O2/c1-24(2,3)18-9-6-16(7-10-18)15-29-12-4-5-20(23(29)31)22(30)28-27-14-17-8-11-19(25)13-21(17)26/h4-14H,15H2,1-3H3,(H,28,30)/b27-14-. The molecule has 31 heavy (non-hydrogen) atoms. The molecule has 2 aromatic carbocycles. The lowest BCUT2D eigenvalue weighted by Crippen LogP contribution is -2.30. The van der Waals surface area contributed by atoms with Gasteiger partial charge in [-0.15, -0.1) is 0 Å². The monoisotopic (exact) mass is 455 g/mol. The maximum atomic E-state index is 12.8. The minimum atomic E-state index is -0.594. The van der Waals surface area contributed by atoms with Crippen molar-refractivity contribution < 1.29 is 4.79 Å². The summed E-state index contributed by atoms with van der Waals surface area (Å²) >= 11 is 11.9. The van der Waals surface area contributed by atoms with Gasteiger partial charge in [0.25, 0.3) is 11.5 Å². The van der Waals surface area contributed by atoms with Gasteiger partial charge in [-0.1, -0.05) is 74.3 Å². The minimum absolute atomic E-state index is 0.00756. The van der Waals surface area contributed by atoms with Crippen LogP contribution in [0.4, 0.5) is 0 Å². The van der Waals surface area contributed by atoms with E-state index in [0.29, 0.717) is 22.2 Å². The summed E-state index contributed by atoms with van der Waals surface area (Å²) in [5, 5.41) is 4.81. The second-order valence-corrected chi connectivity index (χ2v) is 9.01. The molecule has 0 fully saturated rings. The minimum Gasteiger partial charge on any atom is -0.310 e. The van der Waals surface area contributed by atoms with Gasteiger partial charge in [0.15, 0.2) is 0 Å². The van der Waals surface area contributed by atoms with Gasteiger partial charge in [-0.3, -0.25) is 9.59 Å². The topological polar surface area (TPSA) is 63.5 Å². The number of nitrogens with zero attached hydrogens (tertiary/aromatic N) is 2. The fourth-order valence-electron chi connectivity index (χ4n) is 2.97. The van der Waals surface area contributed by atoms with Crippen molar-refractivity contribution in [3.63, 3.8) is 0 Å². The Hall–Kier alpha value is -2.89. The first-order valence-electron chi connectivity index (χ1n) is 9.72. The number of hydrogen-bond acceptors (Lipinski definition) is 3. The molecular formula is C24H23Cl2N3O2. The predicted molar refractivity (Wildman–Crippen MR) is 126 cm³/mol. The van der Waals surface area contributed by atoms with Crippen molar-refractivity contribution in [2.75, 3.05) is 0 Å². The van der Waals surface area contributed by atoms with E-state index in [1.807, 2.05) is 12.1 Å². The third kappa shape index (κ3) is 5.84. The number of halogens is 2. The van der Waals surface area contributed by atoms with E-state index >= 15 is 0 Å². The Labute approximate surface area is 191 Å². The van der Waals surface area contributed by atoms with E-state index < -0.39 is 5.91 Å². The predicted octanol–water partition coefficient (Wildman–Crippen LogP) is 5.26. The van der Waals surface area contributed by atoms with Gasteiger partial charge in [-0.2, -0.15) is 5.10 Å². The molecule has 3 rings (SSSR count). The Morgan fingerprint density at radius 2 is 1.81 bits per heavy atom. The number of amides is 1. The van der Waals surface area contributed by atoms with Crippen LogP contribution in [0.25, 0.3) is 0 Å². The summed E-state index contributed by atoms with van der Waals surface area (Å²) in [5.74, 6) is -0.594. The van der Waals surface area contributed by atoms with E-state index in [-0.39, 0.29) is 16.5 Å². The molecule has 1 aromatic heterocycles. The zero-order chi connectivity index (χ0) is 22.6. The number of aromatic nitrogens is 1. The van der Waals surface area contributed by atoms with Crippen molar-refractivity contribution in [3.8, 4) is 0 Å². The number of carbonyl (C=O) groups is 1. The Kier molecular flexibility index (Phi) is 6.98. The number of hydrazone groups is 1. The van der Waals surface area contributed by atoms with Gasteiger partial charge in [0.05, 0.1) is 17.8 Å². The van der Waals surface area contributed by atoms with Crippen LogP contribution >= 0.6 is 23.2 Å². The van der Waals surface area contributed by atoms with Crippen LogP contribution in [-0.4, -0.2) is 16.7 Å². The average Bonchev–Trinajstić information content (AvgIpc) is 2.71. The summed E-state index contributed by atoms with van der Waals surface area (Å²) in [6.45, 7) is 6.82. The second-order valence-electron chi connectivity index (χ2n) is 8.17. The summed E-state index contributed by atoms with van der Waals surface area (Å²) in [7, 11) is 0. The van der Waals surface area contributed by atoms with Gasteiger partial charge in [-0.25, -0.2) is 5.43 Å². The molecule has 0 saturated carbocycles. The molecule has 0 aliphatic carbocycles. The fourth-order valence-corrected chi connectivity index (χ4v) is 3.43.